The molecule has 0 atom stereocenters. The molecule has 0 aliphatic carbocycles. The van der Waals surface area contributed by atoms with Crippen molar-refractivity contribution >= 4 is 17.5 Å². The Labute approximate surface area is 96.4 Å². The Morgan fingerprint density at radius 2 is 2.12 bits per heavy atom. The third kappa shape index (κ3) is 2.58. The van der Waals surface area contributed by atoms with E-state index in [1.165, 1.54) is 6.20 Å². The van der Waals surface area contributed by atoms with Crippen LogP contribution < -0.4 is 5.32 Å². The standard InChI is InChI=1S/C10H8ClN3O2/c11-8-3-1-7(2-4-8)5-12-10(15)9-6-13-16-14-9/h1-4,6H,5H2,(H,12,15). The van der Waals surface area contributed by atoms with Crippen LogP contribution in [-0.4, -0.2) is 16.2 Å². The molecule has 1 aromatic heterocycles. The van der Waals surface area contributed by atoms with Crippen LogP contribution in [0.1, 0.15) is 16.1 Å². The van der Waals surface area contributed by atoms with Gasteiger partial charge in [0.2, 0.25) is 0 Å². The molecule has 1 amide bonds. The van der Waals surface area contributed by atoms with Crippen molar-refractivity contribution in [2.24, 2.45) is 0 Å². The third-order valence-electron chi connectivity index (χ3n) is 1.96. The average molecular weight is 238 g/mol. The molecule has 0 saturated heterocycles. The number of aromatic nitrogens is 2. The molecule has 0 aliphatic heterocycles. The molecule has 16 heavy (non-hydrogen) atoms. The Hall–Kier alpha value is -1.88. The topological polar surface area (TPSA) is 68.0 Å². The van der Waals surface area contributed by atoms with Crippen LogP contribution in [0.2, 0.25) is 5.02 Å². The van der Waals surface area contributed by atoms with Crippen LogP contribution in [0.15, 0.2) is 35.1 Å². The fraction of sp³-hybridized carbons (Fsp3) is 0.100. The second-order valence-corrected chi connectivity index (χ2v) is 3.54. The van der Waals surface area contributed by atoms with Crippen LogP contribution in [0.25, 0.3) is 0 Å². The molecule has 1 heterocycles. The van der Waals surface area contributed by atoms with E-state index in [0.717, 1.165) is 5.56 Å². The zero-order chi connectivity index (χ0) is 11.4. The smallest absolute Gasteiger partial charge is 0.275 e. The fourth-order valence-corrected chi connectivity index (χ4v) is 1.27. The molecule has 6 heteroatoms. The van der Waals surface area contributed by atoms with E-state index >= 15 is 0 Å². The van der Waals surface area contributed by atoms with Gasteiger partial charge in [0.05, 0.1) is 0 Å². The van der Waals surface area contributed by atoms with Gasteiger partial charge < -0.3 is 5.32 Å². The molecule has 0 bridgehead atoms. The average Bonchev–Trinajstić information content (AvgIpc) is 2.81. The summed E-state index contributed by atoms with van der Waals surface area (Å²) < 4.78 is 4.33. The molecule has 0 aliphatic rings. The molecule has 2 rings (SSSR count). The highest BCUT2D eigenvalue weighted by Crippen LogP contribution is 2.09. The van der Waals surface area contributed by atoms with Gasteiger partial charge in [-0.15, -0.1) is 0 Å². The molecule has 0 saturated carbocycles. The third-order valence-corrected chi connectivity index (χ3v) is 2.21. The maximum Gasteiger partial charge on any atom is 0.275 e. The molecule has 0 unspecified atom stereocenters. The minimum absolute atomic E-state index is 0.161. The summed E-state index contributed by atoms with van der Waals surface area (Å²) in [5, 5.41) is 10.1. The zero-order valence-corrected chi connectivity index (χ0v) is 8.94. The molecule has 0 spiro atoms. The van der Waals surface area contributed by atoms with Gasteiger partial charge in [0.15, 0.2) is 5.69 Å². The van der Waals surface area contributed by atoms with Gasteiger partial charge in [0.1, 0.15) is 6.20 Å². The molecule has 2 aromatic rings. The Morgan fingerprint density at radius 3 is 2.75 bits per heavy atom. The molecule has 1 aromatic carbocycles. The number of carbonyl (C=O) groups is 1. The van der Waals surface area contributed by atoms with Crippen LogP contribution in [0.4, 0.5) is 0 Å². The molecular weight excluding hydrogens is 230 g/mol. The van der Waals surface area contributed by atoms with Gasteiger partial charge in [-0.1, -0.05) is 28.9 Å². The first-order chi connectivity index (χ1) is 7.75. The van der Waals surface area contributed by atoms with Crippen LogP contribution >= 0.6 is 11.6 Å². The number of nitrogens with one attached hydrogen (secondary N) is 1. The monoisotopic (exact) mass is 237 g/mol. The second kappa shape index (κ2) is 4.76. The lowest BCUT2D eigenvalue weighted by Crippen LogP contribution is -2.22. The molecule has 1 N–H and O–H groups in total. The van der Waals surface area contributed by atoms with Crippen molar-refractivity contribution < 1.29 is 9.42 Å². The summed E-state index contributed by atoms with van der Waals surface area (Å²) in [6.07, 6.45) is 1.26. The van der Waals surface area contributed by atoms with Gasteiger partial charge in [-0.25, -0.2) is 4.63 Å². The normalized spacial score (nSPS) is 10.1. The minimum Gasteiger partial charge on any atom is -0.346 e. The van der Waals surface area contributed by atoms with Crippen LogP contribution in [-0.2, 0) is 6.54 Å². The van der Waals surface area contributed by atoms with Crippen molar-refractivity contribution in [2.45, 2.75) is 6.54 Å². The number of hydrogen-bond acceptors (Lipinski definition) is 4. The number of benzene rings is 1. The van der Waals surface area contributed by atoms with Crippen LogP contribution in [0.5, 0.6) is 0 Å². The first-order valence-corrected chi connectivity index (χ1v) is 4.94. The van der Waals surface area contributed by atoms with Crippen molar-refractivity contribution in [3.8, 4) is 0 Å². The summed E-state index contributed by atoms with van der Waals surface area (Å²) in [6.45, 7) is 0.406. The lowest BCUT2D eigenvalue weighted by Gasteiger charge is -2.02. The minimum atomic E-state index is -0.323. The van der Waals surface area contributed by atoms with E-state index in [-0.39, 0.29) is 11.6 Å². The Balaban J connectivity index is 1.93. The Morgan fingerprint density at radius 1 is 1.38 bits per heavy atom. The highest BCUT2D eigenvalue weighted by atomic mass is 35.5. The zero-order valence-electron chi connectivity index (χ0n) is 8.18. The van der Waals surface area contributed by atoms with Crippen LogP contribution in [0, 0.1) is 0 Å². The van der Waals surface area contributed by atoms with Gasteiger partial charge in [-0.3, -0.25) is 4.79 Å². The van der Waals surface area contributed by atoms with E-state index in [4.69, 9.17) is 11.6 Å². The largest absolute Gasteiger partial charge is 0.346 e. The summed E-state index contributed by atoms with van der Waals surface area (Å²) in [4.78, 5) is 11.4. The molecule has 82 valence electrons. The first kappa shape index (κ1) is 10.6. The van der Waals surface area contributed by atoms with Gasteiger partial charge in [-0.05, 0) is 22.9 Å². The molecule has 0 fully saturated rings. The van der Waals surface area contributed by atoms with Crippen molar-refractivity contribution in [1.82, 2.24) is 15.6 Å². The van der Waals surface area contributed by atoms with Gasteiger partial charge in [0.25, 0.3) is 5.91 Å². The lowest BCUT2D eigenvalue weighted by molar-refractivity contribution is 0.0941. The van der Waals surface area contributed by atoms with Crippen molar-refractivity contribution in [1.29, 1.82) is 0 Å². The summed E-state index contributed by atoms with van der Waals surface area (Å²) in [7, 11) is 0. The predicted octanol–water partition coefficient (Wildman–Crippen LogP) is 1.65. The number of carbonyl (C=O) groups excluding carboxylic acids is 1. The Bertz CT molecular complexity index is 467. The van der Waals surface area contributed by atoms with E-state index in [2.05, 4.69) is 20.3 Å². The summed E-state index contributed by atoms with van der Waals surface area (Å²) in [5.74, 6) is -0.323. The number of rotatable bonds is 3. The number of nitrogens with zero attached hydrogens (tertiary/aromatic N) is 2. The maximum atomic E-state index is 11.4. The van der Waals surface area contributed by atoms with E-state index in [1.807, 2.05) is 12.1 Å². The summed E-state index contributed by atoms with van der Waals surface area (Å²) in [6, 6.07) is 7.20. The predicted molar refractivity (Wildman–Crippen MR) is 56.9 cm³/mol. The van der Waals surface area contributed by atoms with Gasteiger partial charge >= 0.3 is 0 Å². The van der Waals surface area contributed by atoms with Gasteiger partial charge in [-0.2, -0.15) is 0 Å². The quantitative estimate of drug-likeness (QED) is 0.882. The number of amides is 1. The van der Waals surface area contributed by atoms with E-state index in [1.54, 1.807) is 12.1 Å². The molecule has 0 radical (unpaired) electrons. The van der Waals surface area contributed by atoms with Gasteiger partial charge in [0, 0.05) is 11.6 Å². The summed E-state index contributed by atoms with van der Waals surface area (Å²) >= 11 is 5.74. The highest BCUT2D eigenvalue weighted by Gasteiger charge is 2.08. The second-order valence-electron chi connectivity index (χ2n) is 3.10. The van der Waals surface area contributed by atoms with E-state index < -0.39 is 0 Å². The Kier molecular flexibility index (Phi) is 3.16. The SMILES string of the molecule is O=C(NCc1ccc(Cl)cc1)c1cnon1. The lowest BCUT2D eigenvalue weighted by atomic mass is 10.2. The first-order valence-electron chi connectivity index (χ1n) is 4.56. The van der Waals surface area contributed by atoms with E-state index in [0.29, 0.717) is 11.6 Å². The van der Waals surface area contributed by atoms with Crippen LogP contribution in [0.3, 0.4) is 0 Å². The van der Waals surface area contributed by atoms with E-state index in [9.17, 15) is 4.79 Å². The maximum absolute atomic E-state index is 11.4. The summed E-state index contributed by atoms with van der Waals surface area (Å²) in [5.41, 5.74) is 1.11. The molecular formula is C10H8ClN3O2. The highest BCUT2D eigenvalue weighted by molar-refractivity contribution is 6.30. The number of halogens is 1. The molecule has 5 nitrogen and oxygen atoms in total. The fourth-order valence-electron chi connectivity index (χ4n) is 1.14. The van der Waals surface area contributed by atoms with Crippen molar-refractivity contribution in [3.63, 3.8) is 0 Å². The number of hydrogen-bond donors (Lipinski definition) is 1. The van der Waals surface area contributed by atoms with Crippen molar-refractivity contribution in [2.75, 3.05) is 0 Å². The van der Waals surface area contributed by atoms with Crippen molar-refractivity contribution in [3.05, 3.63) is 46.7 Å².